The third-order valence-corrected chi connectivity index (χ3v) is 5.82. The first kappa shape index (κ1) is 25.0. The Labute approximate surface area is 190 Å². The standard InChI is InChI=1S/C22H29F3N4O4/c1-13(2)11-29(15-4-3-5-15)19(20(26)31)21(32)27-14-6-7-17(16(10-14)22(23,24)25)28-8-9-33-12-18(28)30/h6-7,10,13,15,19H,3-5,8-9,11-12H2,1-2H3,(H2,26,31)(H,27,32)/t19-/m0/s1. The summed E-state index contributed by atoms with van der Waals surface area (Å²) < 4.78 is 46.4. The van der Waals surface area contributed by atoms with Gasteiger partial charge in [0.25, 0.3) is 11.8 Å². The minimum atomic E-state index is -4.77. The number of hydrogen-bond donors (Lipinski definition) is 2. The lowest BCUT2D eigenvalue weighted by Crippen LogP contribution is -2.58. The molecule has 1 heterocycles. The van der Waals surface area contributed by atoms with Crippen molar-refractivity contribution in [3.8, 4) is 0 Å². The van der Waals surface area contributed by atoms with Crippen molar-refractivity contribution in [3.05, 3.63) is 23.8 Å². The number of anilines is 2. The maximum absolute atomic E-state index is 13.8. The van der Waals surface area contributed by atoms with Crippen LogP contribution in [0.3, 0.4) is 0 Å². The van der Waals surface area contributed by atoms with E-state index >= 15 is 0 Å². The number of halogens is 3. The molecule has 1 aromatic rings. The van der Waals surface area contributed by atoms with Gasteiger partial charge in [-0.05, 0) is 37.0 Å². The van der Waals surface area contributed by atoms with Crippen LogP contribution in [0.1, 0.15) is 38.7 Å². The molecule has 3 N–H and O–H groups in total. The third-order valence-electron chi connectivity index (χ3n) is 5.82. The highest BCUT2D eigenvalue weighted by atomic mass is 19.4. The molecule has 182 valence electrons. The molecule has 0 unspecified atom stereocenters. The zero-order chi connectivity index (χ0) is 24.3. The largest absolute Gasteiger partial charge is 0.418 e. The Morgan fingerprint density at radius 1 is 1.30 bits per heavy atom. The van der Waals surface area contributed by atoms with Gasteiger partial charge in [-0.2, -0.15) is 13.2 Å². The Hall–Kier alpha value is -2.66. The van der Waals surface area contributed by atoms with Crippen LogP contribution in [0.2, 0.25) is 0 Å². The van der Waals surface area contributed by atoms with Crippen molar-refractivity contribution >= 4 is 29.1 Å². The summed E-state index contributed by atoms with van der Waals surface area (Å²) in [5.74, 6) is -2.06. The van der Waals surface area contributed by atoms with Gasteiger partial charge >= 0.3 is 6.18 Å². The third kappa shape index (κ3) is 5.83. The van der Waals surface area contributed by atoms with Gasteiger partial charge in [0.05, 0.1) is 17.9 Å². The van der Waals surface area contributed by atoms with E-state index in [-0.39, 0.29) is 43.1 Å². The molecule has 1 aliphatic carbocycles. The highest BCUT2D eigenvalue weighted by Gasteiger charge is 2.40. The Bertz CT molecular complexity index is 902. The number of carbonyl (C=O) groups is 3. The highest BCUT2D eigenvalue weighted by Crippen LogP contribution is 2.39. The van der Waals surface area contributed by atoms with E-state index in [4.69, 9.17) is 10.5 Å². The topological polar surface area (TPSA) is 105 Å². The number of nitrogens with one attached hydrogen (secondary N) is 1. The monoisotopic (exact) mass is 470 g/mol. The van der Waals surface area contributed by atoms with Crippen LogP contribution in [0.4, 0.5) is 24.5 Å². The minimum Gasteiger partial charge on any atom is -0.370 e. The van der Waals surface area contributed by atoms with Crippen molar-refractivity contribution in [1.29, 1.82) is 0 Å². The van der Waals surface area contributed by atoms with E-state index in [2.05, 4.69) is 5.32 Å². The summed E-state index contributed by atoms with van der Waals surface area (Å²) >= 11 is 0. The lowest BCUT2D eigenvalue weighted by Gasteiger charge is -2.41. The van der Waals surface area contributed by atoms with E-state index in [1.807, 2.05) is 13.8 Å². The van der Waals surface area contributed by atoms with E-state index in [1.54, 1.807) is 4.90 Å². The number of nitrogens with zero attached hydrogens (tertiary/aromatic N) is 2. The summed E-state index contributed by atoms with van der Waals surface area (Å²) in [4.78, 5) is 40.0. The molecular formula is C22H29F3N4O4. The fourth-order valence-electron chi connectivity index (χ4n) is 4.11. The smallest absolute Gasteiger partial charge is 0.370 e. The van der Waals surface area contributed by atoms with Gasteiger partial charge in [-0.15, -0.1) is 0 Å². The molecule has 1 saturated carbocycles. The van der Waals surface area contributed by atoms with Gasteiger partial charge in [-0.3, -0.25) is 19.3 Å². The van der Waals surface area contributed by atoms with Crippen LogP contribution < -0.4 is 16.0 Å². The number of nitrogens with two attached hydrogens (primary N) is 1. The first-order valence-electron chi connectivity index (χ1n) is 10.9. The number of morpholine rings is 1. The van der Waals surface area contributed by atoms with Gasteiger partial charge in [-0.25, -0.2) is 0 Å². The summed E-state index contributed by atoms with van der Waals surface area (Å²) in [7, 11) is 0. The van der Waals surface area contributed by atoms with Gasteiger partial charge in [0.15, 0.2) is 6.04 Å². The van der Waals surface area contributed by atoms with Crippen LogP contribution in [0.15, 0.2) is 18.2 Å². The second kappa shape index (κ2) is 10.1. The number of rotatable bonds is 8. The maximum atomic E-state index is 13.8. The molecule has 3 rings (SSSR count). The predicted molar refractivity (Wildman–Crippen MR) is 115 cm³/mol. The fourth-order valence-corrected chi connectivity index (χ4v) is 4.11. The Morgan fingerprint density at radius 3 is 2.52 bits per heavy atom. The first-order valence-corrected chi connectivity index (χ1v) is 10.9. The Morgan fingerprint density at radius 2 is 2.00 bits per heavy atom. The van der Waals surface area contributed by atoms with Gasteiger partial charge < -0.3 is 20.7 Å². The number of hydrogen-bond acceptors (Lipinski definition) is 5. The second-order valence-corrected chi connectivity index (χ2v) is 8.80. The summed E-state index contributed by atoms with van der Waals surface area (Å²) in [5.41, 5.74) is 4.03. The number of ether oxygens (including phenoxy) is 1. The summed E-state index contributed by atoms with van der Waals surface area (Å²) in [6.07, 6.45) is -2.15. The number of carbonyl (C=O) groups excluding carboxylic acids is 3. The van der Waals surface area contributed by atoms with Crippen LogP contribution in [0.25, 0.3) is 0 Å². The van der Waals surface area contributed by atoms with Crippen LogP contribution in [0, 0.1) is 5.92 Å². The molecule has 3 amide bonds. The van der Waals surface area contributed by atoms with E-state index in [0.717, 1.165) is 36.3 Å². The minimum absolute atomic E-state index is 0.0110. The zero-order valence-corrected chi connectivity index (χ0v) is 18.7. The average Bonchev–Trinajstić information content (AvgIpc) is 2.66. The molecule has 1 atom stereocenters. The van der Waals surface area contributed by atoms with Crippen LogP contribution in [0.5, 0.6) is 0 Å². The zero-order valence-electron chi connectivity index (χ0n) is 18.7. The van der Waals surface area contributed by atoms with Crippen LogP contribution >= 0.6 is 0 Å². The molecule has 11 heteroatoms. The van der Waals surface area contributed by atoms with Crippen molar-refractivity contribution in [3.63, 3.8) is 0 Å². The van der Waals surface area contributed by atoms with E-state index < -0.39 is 35.5 Å². The average molecular weight is 470 g/mol. The van der Waals surface area contributed by atoms with Crippen LogP contribution in [-0.2, 0) is 25.3 Å². The molecule has 1 aliphatic heterocycles. The summed E-state index contributed by atoms with van der Waals surface area (Å²) in [6, 6.07) is 1.91. The van der Waals surface area contributed by atoms with Crippen molar-refractivity contribution in [2.24, 2.45) is 11.7 Å². The molecule has 1 aromatic carbocycles. The van der Waals surface area contributed by atoms with E-state index in [1.165, 1.54) is 6.07 Å². The Balaban J connectivity index is 1.88. The van der Waals surface area contributed by atoms with Crippen molar-refractivity contribution in [1.82, 2.24) is 4.90 Å². The predicted octanol–water partition coefficient (Wildman–Crippen LogP) is 2.37. The number of amides is 3. The normalized spacial score (nSPS) is 18.4. The van der Waals surface area contributed by atoms with Crippen LogP contribution in [-0.4, -0.2) is 61.0 Å². The van der Waals surface area contributed by atoms with Crippen molar-refractivity contribution in [2.45, 2.75) is 51.4 Å². The molecule has 2 aliphatic rings. The summed E-state index contributed by atoms with van der Waals surface area (Å²) in [5, 5.41) is 2.42. The van der Waals surface area contributed by atoms with Gasteiger partial charge in [0.2, 0.25) is 5.91 Å². The summed E-state index contributed by atoms with van der Waals surface area (Å²) in [6.45, 7) is 4.16. The molecule has 2 fully saturated rings. The molecular weight excluding hydrogens is 441 g/mol. The van der Waals surface area contributed by atoms with Gasteiger partial charge in [-0.1, -0.05) is 20.3 Å². The Kier molecular flexibility index (Phi) is 7.63. The maximum Gasteiger partial charge on any atom is 0.418 e. The quantitative estimate of drug-likeness (QED) is 0.568. The molecule has 0 spiro atoms. The van der Waals surface area contributed by atoms with Gasteiger partial charge in [0, 0.05) is 24.8 Å². The molecule has 0 bridgehead atoms. The van der Waals surface area contributed by atoms with E-state index in [0.29, 0.717) is 6.54 Å². The van der Waals surface area contributed by atoms with Crippen molar-refractivity contribution in [2.75, 3.05) is 36.5 Å². The molecule has 0 radical (unpaired) electrons. The fraction of sp³-hybridized carbons (Fsp3) is 0.591. The number of benzene rings is 1. The molecule has 0 aromatic heterocycles. The lowest BCUT2D eigenvalue weighted by molar-refractivity contribution is -0.138. The molecule has 1 saturated heterocycles. The SMILES string of the molecule is CC(C)CN(C1CCC1)[C@@H](C(N)=O)C(=O)Nc1ccc(N2CCOCC2=O)c(C(F)(F)F)c1. The van der Waals surface area contributed by atoms with Crippen molar-refractivity contribution < 1.29 is 32.3 Å². The lowest BCUT2D eigenvalue weighted by atomic mass is 9.89. The first-order chi connectivity index (χ1) is 15.5. The highest BCUT2D eigenvalue weighted by molar-refractivity contribution is 6.09. The van der Waals surface area contributed by atoms with E-state index in [9.17, 15) is 27.6 Å². The second-order valence-electron chi connectivity index (χ2n) is 8.80. The molecule has 33 heavy (non-hydrogen) atoms. The number of alkyl halides is 3. The number of primary amides is 1. The molecule has 8 nitrogen and oxygen atoms in total. The van der Waals surface area contributed by atoms with Gasteiger partial charge in [0.1, 0.15) is 6.61 Å².